The van der Waals surface area contributed by atoms with Crippen molar-refractivity contribution in [3.63, 3.8) is 0 Å². The summed E-state index contributed by atoms with van der Waals surface area (Å²) in [4.78, 5) is 24.2. The van der Waals surface area contributed by atoms with Crippen LogP contribution >= 0.6 is 11.8 Å². The van der Waals surface area contributed by atoms with Crippen molar-refractivity contribution in [3.05, 3.63) is 54.1 Å². The molecule has 2 rings (SSSR count). The van der Waals surface area contributed by atoms with E-state index in [1.807, 2.05) is 24.3 Å². The van der Waals surface area contributed by atoms with E-state index in [-0.39, 0.29) is 5.75 Å². The van der Waals surface area contributed by atoms with Gasteiger partial charge in [0.2, 0.25) is 0 Å². The molecule has 0 aliphatic carbocycles. The van der Waals surface area contributed by atoms with Gasteiger partial charge in [0.05, 0.1) is 27.1 Å². The molecule has 0 spiro atoms. The first-order valence-electron chi connectivity index (χ1n) is 7.97. The van der Waals surface area contributed by atoms with Crippen LogP contribution in [0.15, 0.2) is 53.4 Å². The molecule has 27 heavy (non-hydrogen) atoms. The van der Waals surface area contributed by atoms with Gasteiger partial charge in [-0.1, -0.05) is 6.07 Å². The Balaban J connectivity index is 1.97. The Hall–Kier alpha value is -2.93. The lowest BCUT2D eigenvalue weighted by molar-refractivity contribution is -0.135. The molecule has 2 aromatic rings. The van der Waals surface area contributed by atoms with Crippen LogP contribution in [0.25, 0.3) is 6.08 Å². The molecule has 0 saturated carbocycles. The zero-order valence-corrected chi connectivity index (χ0v) is 16.1. The van der Waals surface area contributed by atoms with Crippen LogP contribution in [0.4, 0.5) is 0 Å². The average molecular weight is 388 g/mol. The maximum Gasteiger partial charge on any atom is 0.330 e. The molecule has 0 aromatic heterocycles. The minimum atomic E-state index is -0.458. The van der Waals surface area contributed by atoms with Gasteiger partial charge in [-0.15, -0.1) is 11.8 Å². The van der Waals surface area contributed by atoms with Gasteiger partial charge in [0.15, 0.2) is 11.5 Å². The molecular weight excluding hydrogens is 368 g/mol. The van der Waals surface area contributed by atoms with Crippen molar-refractivity contribution >= 4 is 29.8 Å². The Morgan fingerprint density at radius 1 is 0.963 bits per heavy atom. The molecule has 0 fully saturated rings. The van der Waals surface area contributed by atoms with Gasteiger partial charge in [-0.3, -0.25) is 4.79 Å². The van der Waals surface area contributed by atoms with Gasteiger partial charge in [-0.25, -0.2) is 4.79 Å². The first kappa shape index (κ1) is 20.4. The first-order valence-corrected chi connectivity index (χ1v) is 8.96. The van der Waals surface area contributed by atoms with Crippen LogP contribution in [-0.4, -0.2) is 39.0 Å². The standard InChI is InChI=1S/C20H20O6S/c1-23-15-6-8-16(9-7-15)27-13-20(22)26-17-10-4-14(12-18(17)24-2)5-11-19(21)25-3/h4-12H,13H2,1-3H3/b11-5+. The zero-order chi connectivity index (χ0) is 19.6. The zero-order valence-electron chi connectivity index (χ0n) is 15.3. The maximum absolute atomic E-state index is 12.1. The maximum atomic E-state index is 12.1. The highest BCUT2D eigenvalue weighted by molar-refractivity contribution is 8.00. The van der Waals surface area contributed by atoms with Gasteiger partial charge in [-0.2, -0.15) is 0 Å². The van der Waals surface area contributed by atoms with E-state index in [1.54, 1.807) is 31.4 Å². The van der Waals surface area contributed by atoms with Crippen LogP contribution in [0.1, 0.15) is 5.56 Å². The van der Waals surface area contributed by atoms with E-state index < -0.39 is 11.9 Å². The molecule has 0 atom stereocenters. The number of benzene rings is 2. The summed E-state index contributed by atoms with van der Waals surface area (Å²) in [5, 5.41) is 0. The number of hydrogen-bond acceptors (Lipinski definition) is 7. The number of esters is 2. The van der Waals surface area contributed by atoms with Gasteiger partial charge in [0, 0.05) is 11.0 Å². The predicted octanol–water partition coefficient (Wildman–Crippen LogP) is 3.59. The molecule has 0 aliphatic rings. The van der Waals surface area contributed by atoms with E-state index in [0.717, 1.165) is 10.6 Å². The number of rotatable bonds is 8. The summed E-state index contributed by atoms with van der Waals surface area (Å²) < 4.78 is 20.3. The van der Waals surface area contributed by atoms with E-state index in [4.69, 9.17) is 14.2 Å². The number of carbonyl (C=O) groups excluding carboxylic acids is 2. The Morgan fingerprint density at radius 2 is 1.70 bits per heavy atom. The lowest BCUT2D eigenvalue weighted by Crippen LogP contribution is -2.11. The van der Waals surface area contributed by atoms with Gasteiger partial charge in [0.1, 0.15) is 5.75 Å². The number of methoxy groups -OCH3 is 3. The third-order valence-electron chi connectivity index (χ3n) is 3.44. The quantitative estimate of drug-likeness (QED) is 0.296. The number of thioether (sulfide) groups is 1. The summed E-state index contributed by atoms with van der Waals surface area (Å²) in [7, 11) is 4.38. The number of ether oxygens (including phenoxy) is 4. The lowest BCUT2D eigenvalue weighted by Gasteiger charge is -2.10. The molecule has 0 bridgehead atoms. The average Bonchev–Trinajstić information content (AvgIpc) is 2.71. The molecule has 0 amide bonds. The van der Waals surface area contributed by atoms with Gasteiger partial charge in [0.25, 0.3) is 0 Å². The second-order valence-electron chi connectivity index (χ2n) is 5.21. The van der Waals surface area contributed by atoms with Crippen LogP contribution < -0.4 is 14.2 Å². The molecule has 0 saturated heterocycles. The summed E-state index contributed by atoms with van der Waals surface area (Å²) >= 11 is 1.36. The van der Waals surface area contributed by atoms with E-state index in [1.165, 1.54) is 32.1 Å². The fourth-order valence-corrected chi connectivity index (χ4v) is 2.74. The van der Waals surface area contributed by atoms with E-state index in [9.17, 15) is 9.59 Å². The molecular formula is C20H20O6S. The summed E-state index contributed by atoms with van der Waals surface area (Å²) in [6, 6.07) is 12.4. The third kappa shape index (κ3) is 6.38. The number of carbonyl (C=O) groups is 2. The van der Waals surface area contributed by atoms with Gasteiger partial charge < -0.3 is 18.9 Å². The topological polar surface area (TPSA) is 71.1 Å². The summed E-state index contributed by atoms with van der Waals surface area (Å²) in [5.41, 5.74) is 0.713. The summed E-state index contributed by atoms with van der Waals surface area (Å²) in [6.45, 7) is 0. The Labute approximate surface area is 162 Å². The largest absolute Gasteiger partial charge is 0.497 e. The Morgan fingerprint density at radius 3 is 2.33 bits per heavy atom. The summed E-state index contributed by atoms with van der Waals surface area (Å²) in [5.74, 6) is 0.761. The highest BCUT2D eigenvalue weighted by atomic mass is 32.2. The van der Waals surface area contributed by atoms with Crippen LogP contribution in [0.3, 0.4) is 0 Å². The smallest absolute Gasteiger partial charge is 0.330 e. The normalized spacial score (nSPS) is 10.5. The van der Waals surface area contributed by atoms with Crippen LogP contribution in [0.5, 0.6) is 17.2 Å². The molecule has 142 valence electrons. The molecule has 0 radical (unpaired) electrons. The van der Waals surface area contributed by atoms with Crippen molar-refractivity contribution in [2.75, 3.05) is 27.1 Å². The third-order valence-corrected chi connectivity index (χ3v) is 4.43. The van der Waals surface area contributed by atoms with Crippen molar-refractivity contribution in [2.24, 2.45) is 0 Å². The van der Waals surface area contributed by atoms with Crippen molar-refractivity contribution in [1.29, 1.82) is 0 Å². The van der Waals surface area contributed by atoms with Crippen molar-refractivity contribution < 1.29 is 28.5 Å². The molecule has 6 nitrogen and oxygen atoms in total. The van der Waals surface area contributed by atoms with Crippen LogP contribution in [-0.2, 0) is 14.3 Å². The molecule has 0 unspecified atom stereocenters. The van der Waals surface area contributed by atoms with E-state index >= 15 is 0 Å². The number of hydrogen-bond donors (Lipinski definition) is 0. The van der Waals surface area contributed by atoms with Gasteiger partial charge >= 0.3 is 11.9 Å². The molecule has 0 heterocycles. The van der Waals surface area contributed by atoms with E-state index in [2.05, 4.69) is 4.74 Å². The predicted molar refractivity (Wildman–Crippen MR) is 103 cm³/mol. The fourth-order valence-electron chi connectivity index (χ4n) is 2.07. The SMILES string of the molecule is COC(=O)/C=C/c1ccc(OC(=O)CSc2ccc(OC)cc2)c(OC)c1. The van der Waals surface area contributed by atoms with Crippen LogP contribution in [0, 0.1) is 0 Å². The second kappa shape index (κ2) is 10.3. The molecule has 0 aliphatic heterocycles. The Bertz CT molecular complexity index is 814. The van der Waals surface area contributed by atoms with Crippen molar-refractivity contribution in [3.8, 4) is 17.2 Å². The molecule has 7 heteroatoms. The Kier molecular flexibility index (Phi) is 7.76. The first-order chi connectivity index (χ1) is 13.0. The van der Waals surface area contributed by atoms with E-state index in [0.29, 0.717) is 17.1 Å². The summed E-state index contributed by atoms with van der Waals surface area (Å²) in [6.07, 6.45) is 2.88. The highest BCUT2D eigenvalue weighted by Crippen LogP contribution is 2.29. The molecule has 0 N–H and O–H groups in total. The monoisotopic (exact) mass is 388 g/mol. The minimum absolute atomic E-state index is 0.152. The minimum Gasteiger partial charge on any atom is -0.497 e. The second-order valence-corrected chi connectivity index (χ2v) is 6.25. The molecule has 2 aromatic carbocycles. The fraction of sp³-hybridized carbons (Fsp3) is 0.200. The van der Waals surface area contributed by atoms with Gasteiger partial charge in [-0.05, 0) is 48.0 Å². The van der Waals surface area contributed by atoms with Crippen LogP contribution in [0.2, 0.25) is 0 Å². The lowest BCUT2D eigenvalue weighted by atomic mass is 10.2. The van der Waals surface area contributed by atoms with Crippen molar-refractivity contribution in [2.45, 2.75) is 4.90 Å². The van der Waals surface area contributed by atoms with Crippen molar-refractivity contribution in [1.82, 2.24) is 0 Å². The highest BCUT2D eigenvalue weighted by Gasteiger charge is 2.11.